The lowest BCUT2D eigenvalue weighted by atomic mass is 10.2. The number of ether oxygens (including phenoxy) is 1. The van der Waals surface area contributed by atoms with Gasteiger partial charge in [0.15, 0.2) is 0 Å². The van der Waals surface area contributed by atoms with Crippen LogP contribution < -0.4 is 4.74 Å². The molecule has 0 bridgehead atoms. The van der Waals surface area contributed by atoms with Crippen LogP contribution in [0.4, 0.5) is 10.1 Å². The van der Waals surface area contributed by atoms with E-state index in [4.69, 9.17) is 16.3 Å². The van der Waals surface area contributed by atoms with E-state index in [0.717, 1.165) is 0 Å². The maximum absolute atomic E-state index is 13.1. The van der Waals surface area contributed by atoms with E-state index in [1.54, 1.807) is 19.1 Å². The molecular formula is C14H11ClFNO3. The molecule has 0 aliphatic carbocycles. The second-order valence-corrected chi connectivity index (χ2v) is 4.43. The Morgan fingerprint density at radius 2 is 2.05 bits per heavy atom. The first-order valence-electron chi connectivity index (χ1n) is 5.79. The Bertz CT molecular complexity index is 661. The SMILES string of the molecule is Cc1cccc(Oc2ccc(F)cc2CCl)c1[N+](=O)[O-]. The van der Waals surface area contributed by atoms with E-state index in [2.05, 4.69) is 0 Å². The lowest BCUT2D eigenvalue weighted by Gasteiger charge is -2.10. The van der Waals surface area contributed by atoms with Gasteiger partial charge < -0.3 is 4.74 Å². The Morgan fingerprint density at radius 1 is 1.30 bits per heavy atom. The van der Waals surface area contributed by atoms with Gasteiger partial charge in [-0.1, -0.05) is 12.1 Å². The molecule has 0 N–H and O–H groups in total. The molecule has 0 aliphatic rings. The van der Waals surface area contributed by atoms with Crippen molar-refractivity contribution in [2.24, 2.45) is 0 Å². The number of hydrogen-bond donors (Lipinski definition) is 0. The molecule has 104 valence electrons. The third-order valence-corrected chi connectivity index (χ3v) is 3.06. The quantitative estimate of drug-likeness (QED) is 0.471. The third-order valence-electron chi connectivity index (χ3n) is 2.77. The zero-order chi connectivity index (χ0) is 14.7. The number of nitrogens with zero attached hydrogens (tertiary/aromatic N) is 1. The van der Waals surface area contributed by atoms with E-state index in [-0.39, 0.29) is 17.3 Å². The predicted octanol–water partition coefficient (Wildman–Crippen LogP) is 4.57. The zero-order valence-corrected chi connectivity index (χ0v) is 11.4. The van der Waals surface area contributed by atoms with Gasteiger partial charge in [0, 0.05) is 11.1 Å². The summed E-state index contributed by atoms with van der Waals surface area (Å²) in [6, 6.07) is 8.63. The Labute approximate surface area is 119 Å². The molecule has 0 radical (unpaired) electrons. The van der Waals surface area contributed by atoms with Gasteiger partial charge in [-0.05, 0) is 31.2 Å². The van der Waals surface area contributed by atoms with Crippen molar-refractivity contribution in [3.8, 4) is 11.5 Å². The van der Waals surface area contributed by atoms with Gasteiger partial charge >= 0.3 is 5.69 Å². The van der Waals surface area contributed by atoms with Crippen LogP contribution in [-0.4, -0.2) is 4.92 Å². The maximum Gasteiger partial charge on any atom is 0.314 e. The molecule has 6 heteroatoms. The van der Waals surface area contributed by atoms with E-state index in [9.17, 15) is 14.5 Å². The second kappa shape index (κ2) is 5.88. The maximum atomic E-state index is 13.1. The highest BCUT2D eigenvalue weighted by Gasteiger charge is 2.19. The lowest BCUT2D eigenvalue weighted by molar-refractivity contribution is -0.386. The van der Waals surface area contributed by atoms with Gasteiger partial charge in [-0.15, -0.1) is 11.6 Å². The van der Waals surface area contributed by atoms with E-state index < -0.39 is 10.7 Å². The summed E-state index contributed by atoms with van der Waals surface area (Å²) in [5.41, 5.74) is 0.807. The molecule has 0 saturated heterocycles. The summed E-state index contributed by atoms with van der Waals surface area (Å²) in [6.07, 6.45) is 0. The Morgan fingerprint density at radius 3 is 2.70 bits per heavy atom. The van der Waals surface area contributed by atoms with Gasteiger partial charge in [0.05, 0.1) is 10.8 Å². The van der Waals surface area contributed by atoms with Gasteiger partial charge in [-0.2, -0.15) is 0 Å². The van der Waals surface area contributed by atoms with E-state index >= 15 is 0 Å². The average molecular weight is 296 g/mol. The number of aryl methyl sites for hydroxylation is 1. The number of nitro groups is 1. The average Bonchev–Trinajstić information content (AvgIpc) is 2.40. The van der Waals surface area contributed by atoms with Crippen molar-refractivity contribution in [2.75, 3.05) is 0 Å². The highest BCUT2D eigenvalue weighted by Crippen LogP contribution is 2.35. The summed E-state index contributed by atoms with van der Waals surface area (Å²) in [5.74, 6) is 0.0157. The first kappa shape index (κ1) is 14.3. The van der Waals surface area contributed by atoms with Crippen LogP contribution in [0.1, 0.15) is 11.1 Å². The summed E-state index contributed by atoms with van der Waals surface area (Å²) >= 11 is 5.72. The summed E-state index contributed by atoms with van der Waals surface area (Å²) in [7, 11) is 0. The molecule has 0 heterocycles. The first-order valence-corrected chi connectivity index (χ1v) is 6.32. The van der Waals surface area contributed by atoms with E-state index in [0.29, 0.717) is 16.9 Å². The van der Waals surface area contributed by atoms with Gasteiger partial charge in [0.1, 0.15) is 11.6 Å². The van der Waals surface area contributed by atoms with E-state index in [1.807, 2.05) is 0 Å². The van der Waals surface area contributed by atoms with Crippen molar-refractivity contribution in [3.05, 3.63) is 63.5 Å². The smallest absolute Gasteiger partial charge is 0.314 e. The van der Waals surface area contributed by atoms with Crippen molar-refractivity contribution < 1.29 is 14.1 Å². The van der Waals surface area contributed by atoms with Gasteiger partial charge in [0.25, 0.3) is 0 Å². The molecule has 0 atom stereocenters. The van der Waals surface area contributed by atoms with Gasteiger partial charge in [-0.25, -0.2) is 4.39 Å². The fourth-order valence-electron chi connectivity index (χ4n) is 1.82. The van der Waals surface area contributed by atoms with E-state index in [1.165, 1.54) is 24.3 Å². The molecule has 0 amide bonds. The molecule has 2 rings (SSSR count). The molecule has 0 spiro atoms. The second-order valence-electron chi connectivity index (χ2n) is 4.17. The Balaban J connectivity index is 2.45. The van der Waals surface area contributed by atoms with Crippen molar-refractivity contribution in [1.82, 2.24) is 0 Å². The van der Waals surface area contributed by atoms with Crippen LogP contribution in [0.15, 0.2) is 36.4 Å². The van der Waals surface area contributed by atoms with Crippen molar-refractivity contribution >= 4 is 17.3 Å². The molecule has 2 aromatic carbocycles. The van der Waals surface area contributed by atoms with Crippen molar-refractivity contribution in [3.63, 3.8) is 0 Å². The van der Waals surface area contributed by atoms with Crippen LogP contribution in [-0.2, 0) is 5.88 Å². The normalized spacial score (nSPS) is 10.3. The molecule has 2 aromatic rings. The summed E-state index contributed by atoms with van der Waals surface area (Å²) in [5, 5.41) is 11.1. The minimum atomic E-state index is -0.505. The van der Waals surface area contributed by atoms with Crippen LogP contribution in [0.2, 0.25) is 0 Å². The lowest BCUT2D eigenvalue weighted by Crippen LogP contribution is -1.97. The summed E-state index contributed by atoms with van der Waals surface area (Å²) in [4.78, 5) is 10.6. The standard InChI is InChI=1S/C14H11ClFNO3/c1-9-3-2-4-13(14(9)17(18)19)20-12-6-5-11(16)7-10(12)8-15/h2-7H,8H2,1H3. The predicted molar refractivity (Wildman–Crippen MR) is 73.9 cm³/mol. The molecule has 4 nitrogen and oxygen atoms in total. The third kappa shape index (κ3) is 2.88. The summed E-state index contributed by atoms with van der Waals surface area (Å²) in [6.45, 7) is 1.62. The molecule has 0 saturated carbocycles. The van der Waals surface area contributed by atoms with Crippen molar-refractivity contribution in [1.29, 1.82) is 0 Å². The van der Waals surface area contributed by atoms with Crippen LogP contribution in [0.5, 0.6) is 11.5 Å². The number of benzene rings is 2. The zero-order valence-electron chi connectivity index (χ0n) is 10.6. The number of alkyl halides is 1. The van der Waals surface area contributed by atoms with Crippen LogP contribution >= 0.6 is 11.6 Å². The highest BCUT2D eigenvalue weighted by molar-refractivity contribution is 6.17. The minimum Gasteiger partial charge on any atom is -0.450 e. The van der Waals surface area contributed by atoms with Crippen LogP contribution in [0, 0.1) is 22.9 Å². The molecule has 0 unspecified atom stereocenters. The summed E-state index contributed by atoms with van der Waals surface area (Å²) < 4.78 is 18.7. The number of nitro benzene ring substituents is 1. The minimum absolute atomic E-state index is 0.0483. The monoisotopic (exact) mass is 295 g/mol. The van der Waals surface area contributed by atoms with Crippen LogP contribution in [0.3, 0.4) is 0 Å². The largest absolute Gasteiger partial charge is 0.450 e. The molecule has 0 fully saturated rings. The molecule has 0 aromatic heterocycles. The van der Waals surface area contributed by atoms with Gasteiger partial charge in [-0.3, -0.25) is 10.1 Å². The fraction of sp³-hybridized carbons (Fsp3) is 0.143. The number of halogens is 2. The Kier molecular flexibility index (Phi) is 4.20. The first-order chi connectivity index (χ1) is 9.52. The topological polar surface area (TPSA) is 52.4 Å². The number of hydrogen-bond acceptors (Lipinski definition) is 3. The number of para-hydroxylation sites is 1. The Hall–Kier alpha value is -2.14. The molecule has 20 heavy (non-hydrogen) atoms. The molecular weight excluding hydrogens is 285 g/mol. The molecule has 0 aliphatic heterocycles. The van der Waals surface area contributed by atoms with Crippen LogP contribution in [0.25, 0.3) is 0 Å². The van der Waals surface area contributed by atoms with Gasteiger partial charge in [0.2, 0.25) is 5.75 Å². The van der Waals surface area contributed by atoms with Crippen molar-refractivity contribution in [2.45, 2.75) is 12.8 Å². The number of rotatable bonds is 4. The highest BCUT2D eigenvalue weighted by atomic mass is 35.5. The fourth-order valence-corrected chi connectivity index (χ4v) is 2.03.